The Bertz CT molecular complexity index is 1160. The van der Waals surface area contributed by atoms with E-state index in [0.717, 1.165) is 64.2 Å². The molecule has 0 saturated heterocycles. The number of carbonyl (C=O) groups excluding carboxylic acids is 2. The SMILES string of the molecule is CC/C=C/C/C=C/C/C=C/C/C=C/C/C=C/C/C=C/CCCCC(=O)OCC(COP(=O)(O)O)OC(=O)CC/C=C/C/C=C/CCCCCCCC. The highest BCUT2D eigenvalue weighted by molar-refractivity contribution is 7.46. The van der Waals surface area contributed by atoms with Crippen LogP contribution in [0.25, 0.3) is 0 Å². The van der Waals surface area contributed by atoms with Gasteiger partial charge in [0.25, 0.3) is 0 Å². The lowest BCUT2D eigenvalue weighted by Crippen LogP contribution is -2.29. The first-order chi connectivity index (χ1) is 25.3. The first-order valence-electron chi connectivity index (χ1n) is 19.5. The number of unbranched alkanes of at least 4 members (excludes halogenated alkanes) is 8. The number of esters is 2. The van der Waals surface area contributed by atoms with E-state index in [1.165, 1.54) is 38.5 Å². The second-order valence-corrected chi connectivity index (χ2v) is 13.8. The second kappa shape index (κ2) is 37.7. The Balaban J connectivity index is 4.13. The van der Waals surface area contributed by atoms with Gasteiger partial charge in [-0.25, -0.2) is 4.57 Å². The van der Waals surface area contributed by atoms with Crippen LogP contribution in [0.1, 0.15) is 142 Å². The minimum Gasteiger partial charge on any atom is -0.462 e. The number of allylic oxidation sites excluding steroid dienone is 16. The normalized spacial score (nSPS) is 13.5. The van der Waals surface area contributed by atoms with E-state index in [-0.39, 0.29) is 19.4 Å². The number of phosphoric ester groups is 1. The van der Waals surface area contributed by atoms with Crippen molar-refractivity contribution in [3.05, 3.63) is 97.2 Å². The van der Waals surface area contributed by atoms with E-state index in [1.807, 2.05) is 12.2 Å². The molecule has 0 aromatic rings. The molecular formula is C43H69O8P. The number of hydrogen-bond acceptors (Lipinski definition) is 6. The highest BCUT2D eigenvalue weighted by atomic mass is 31.2. The minimum absolute atomic E-state index is 0.0902. The molecule has 294 valence electrons. The van der Waals surface area contributed by atoms with Crippen molar-refractivity contribution in [3.63, 3.8) is 0 Å². The number of phosphoric acid groups is 1. The van der Waals surface area contributed by atoms with E-state index in [2.05, 4.69) is 103 Å². The number of rotatable bonds is 34. The zero-order valence-electron chi connectivity index (χ0n) is 32.2. The first kappa shape index (κ1) is 49.0. The molecule has 52 heavy (non-hydrogen) atoms. The number of hydrogen-bond donors (Lipinski definition) is 2. The molecule has 0 aromatic heterocycles. The molecule has 0 spiro atoms. The van der Waals surface area contributed by atoms with Crippen molar-refractivity contribution in [2.45, 2.75) is 148 Å². The summed E-state index contributed by atoms with van der Waals surface area (Å²) in [4.78, 5) is 42.7. The van der Waals surface area contributed by atoms with Crippen LogP contribution in [0.2, 0.25) is 0 Å². The maximum Gasteiger partial charge on any atom is 0.469 e. The smallest absolute Gasteiger partial charge is 0.462 e. The second-order valence-electron chi connectivity index (χ2n) is 12.5. The average Bonchev–Trinajstić information content (AvgIpc) is 3.11. The van der Waals surface area contributed by atoms with Crippen LogP contribution in [0.4, 0.5) is 0 Å². The van der Waals surface area contributed by atoms with E-state index < -0.39 is 32.5 Å². The summed E-state index contributed by atoms with van der Waals surface area (Å²) < 4.78 is 26.2. The first-order valence-corrected chi connectivity index (χ1v) is 21.1. The Kier molecular flexibility index (Phi) is 35.5. The van der Waals surface area contributed by atoms with Gasteiger partial charge in [-0.15, -0.1) is 0 Å². The highest BCUT2D eigenvalue weighted by Gasteiger charge is 2.22. The van der Waals surface area contributed by atoms with Gasteiger partial charge in [-0.1, -0.05) is 143 Å². The van der Waals surface area contributed by atoms with E-state index in [4.69, 9.17) is 19.3 Å². The van der Waals surface area contributed by atoms with E-state index in [1.54, 1.807) is 0 Å². The summed E-state index contributed by atoms with van der Waals surface area (Å²) in [6, 6.07) is 0. The molecule has 2 N–H and O–H groups in total. The maximum absolute atomic E-state index is 12.3. The molecule has 0 aliphatic rings. The summed E-state index contributed by atoms with van der Waals surface area (Å²) in [6.45, 7) is 3.45. The predicted molar refractivity (Wildman–Crippen MR) is 216 cm³/mol. The molecule has 0 heterocycles. The molecule has 1 unspecified atom stereocenters. The summed E-state index contributed by atoms with van der Waals surface area (Å²) in [7, 11) is -4.78. The zero-order valence-corrected chi connectivity index (χ0v) is 33.1. The fourth-order valence-electron chi connectivity index (χ4n) is 4.72. The fourth-order valence-corrected chi connectivity index (χ4v) is 5.08. The number of carbonyl (C=O) groups is 2. The van der Waals surface area contributed by atoms with Gasteiger partial charge in [-0.3, -0.25) is 14.1 Å². The van der Waals surface area contributed by atoms with Crippen molar-refractivity contribution >= 4 is 19.8 Å². The molecule has 0 aliphatic heterocycles. The molecule has 0 bridgehead atoms. The Morgan fingerprint density at radius 1 is 0.519 bits per heavy atom. The molecule has 0 aromatic carbocycles. The van der Waals surface area contributed by atoms with Gasteiger partial charge in [-0.2, -0.15) is 0 Å². The lowest BCUT2D eigenvalue weighted by molar-refractivity contribution is -0.161. The Morgan fingerprint density at radius 3 is 1.46 bits per heavy atom. The summed E-state index contributed by atoms with van der Waals surface area (Å²) in [6.07, 6.45) is 51.5. The lowest BCUT2D eigenvalue weighted by atomic mass is 10.1. The molecule has 0 saturated carbocycles. The Morgan fingerprint density at radius 2 is 0.962 bits per heavy atom. The van der Waals surface area contributed by atoms with Gasteiger partial charge in [0.2, 0.25) is 0 Å². The molecule has 0 fully saturated rings. The Hall–Kier alpha value is -3.03. The van der Waals surface area contributed by atoms with Gasteiger partial charge in [0.15, 0.2) is 6.10 Å². The third-order valence-corrected chi connectivity index (χ3v) is 8.09. The topological polar surface area (TPSA) is 119 Å². The number of ether oxygens (including phenoxy) is 2. The van der Waals surface area contributed by atoms with Crippen LogP contribution in [-0.2, 0) is 28.2 Å². The lowest BCUT2D eigenvalue weighted by Gasteiger charge is -2.18. The zero-order chi connectivity index (χ0) is 38.2. The monoisotopic (exact) mass is 744 g/mol. The van der Waals surface area contributed by atoms with Gasteiger partial charge in [0.1, 0.15) is 6.61 Å². The fraction of sp³-hybridized carbons (Fsp3) is 0.581. The third-order valence-electron chi connectivity index (χ3n) is 7.60. The van der Waals surface area contributed by atoms with Gasteiger partial charge in [-0.05, 0) is 83.5 Å². The summed E-state index contributed by atoms with van der Waals surface area (Å²) in [5.74, 6) is -1.03. The van der Waals surface area contributed by atoms with E-state index in [0.29, 0.717) is 12.8 Å². The summed E-state index contributed by atoms with van der Waals surface area (Å²) >= 11 is 0. The van der Waals surface area contributed by atoms with Crippen molar-refractivity contribution in [1.29, 1.82) is 0 Å². The third kappa shape index (κ3) is 39.8. The van der Waals surface area contributed by atoms with Crippen LogP contribution in [0.15, 0.2) is 97.2 Å². The Labute approximate surface area is 315 Å². The molecule has 0 rings (SSSR count). The van der Waals surface area contributed by atoms with Crippen LogP contribution in [0.5, 0.6) is 0 Å². The summed E-state index contributed by atoms with van der Waals surface area (Å²) in [5.41, 5.74) is 0. The minimum atomic E-state index is -4.78. The van der Waals surface area contributed by atoms with Crippen LogP contribution in [0, 0.1) is 0 Å². The molecule has 0 aliphatic carbocycles. The summed E-state index contributed by atoms with van der Waals surface area (Å²) in [5, 5.41) is 0. The van der Waals surface area contributed by atoms with Crippen molar-refractivity contribution in [2.75, 3.05) is 13.2 Å². The van der Waals surface area contributed by atoms with Crippen LogP contribution >= 0.6 is 7.82 Å². The molecule has 0 amide bonds. The highest BCUT2D eigenvalue weighted by Crippen LogP contribution is 2.35. The van der Waals surface area contributed by atoms with E-state index in [9.17, 15) is 14.2 Å². The van der Waals surface area contributed by atoms with Gasteiger partial charge >= 0.3 is 19.8 Å². The van der Waals surface area contributed by atoms with Gasteiger partial charge in [0.05, 0.1) is 6.61 Å². The standard InChI is InChI=1S/C43H69O8P/c1-3-5-7-9-11-13-15-17-18-19-20-21-22-23-24-26-27-29-31-33-35-37-42(44)49-39-41(40-50-52(46,47)48)51-43(45)38-36-34-32-30-28-25-16-14-12-10-8-6-4-2/h5,7,11,13,17-18,20-21,23-25,27-29,32,34,41H,3-4,6,8-10,12,14-16,19,22,26,30-31,33,35-40H2,1-2H3,(H2,46,47,48)/b7-5+,13-11+,18-17+,21-20+,24-23+,28-25+,29-27+,34-32+. The van der Waals surface area contributed by atoms with Gasteiger partial charge < -0.3 is 19.3 Å². The predicted octanol–water partition coefficient (Wildman–Crippen LogP) is 11.8. The van der Waals surface area contributed by atoms with Crippen LogP contribution in [0.3, 0.4) is 0 Å². The average molecular weight is 745 g/mol. The molecule has 8 nitrogen and oxygen atoms in total. The van der Waals surface area contributed by atoms with Crippen molar-refractivity contribution in [2.24, 2.45) is 0 Å². The largest absolute Gasteiger partial charge is 0.469 e. The van der Waals surface area contributed by atoms with Crippen LogP contribution < -0.4 is 0 Å². The molecular weight excluding hydrogens is 675 g/mol. The van der Waals surface area contributed by atoms with E-state index >= 15 is 0 Å². The molecule has 9 heteroatoms. The quantitative estimate of drug-likeness (QED) is 0.0289. The van der Waals surface area contributed by atoms with Crippen molar-refractivity contribution in [1.82, 2.24) is 0 Å². The molecule has 0 radical (unpaired) electrons. The van der Waals surface area contributed by atoms with Crippen molar-refractivity contribution in [3.8, 4) is 0 Å². The maximum atomic E-state index is 12.3. The molecule has 1 atom stereocenters. The van der Waals surface area contributed by atoms with Gasteiger partial charge in [0, 0.05) is 12.8 Å². The van der Waals surface area contributed by atoms with Crippen LogP contribution in [-0.4, -0.2) is 41.0 Å². The van der Waals surface area contributed by atoms with Crippen molar-refractivity contribution < 1.29 is 37.9 Å².